The summed E-state index contributed by atoms with van der Waals surface area (Å²) in [7, 11) is 1.29. The molecule has 17 heavy (non-hydrogen) atoms. The second-order valence-corrected chi connectivity index (χ2v) is 3.84. The lowest BCUT2D eigenvalue weighted by Gasteiger charge is -2.07. The summed E-state index contributed by atoms with van der Waals surface area (Å²) in [4.78, 5) is 30.6. The minimum Gasteiger partial charge on any atom is -0.468 e. The summed E-state index contributed by atoms with van der Waals surface area (Å²) >= 11 is 0. The van der Waals surface area contributed by atoms with Crippen LogP contribution in [0, 0.1) is 13.8 Å². The maximum Gasteiger partial charge on any atom is 0.325 e. The van der Waals surface area contributed by atoms with Crippen molar-refractivity contribution in [1.82, 2.24) is 14.5 Å². The smallest absolute Gasteiger partial charge is 0.325 e. The van der Waals surface area contributed by atoms with E-state index in [9.17, 15) is 9.59 Å². The van der Waals surface area contributed by atoms with E-state index in [2.05, 4.69) is 14.7 Å². The number of nitrogens with zero attached hydrogens (tertiary/aromatic N) is 2. The standard InChI is InChI=1S/C11H13N3O3/c1-6-4-8-10(12-6)13-7(2)14(11(8)16)5-9(15)17-3/h4,12H,5H2,1-3H3. The summed E-state index contributed by atoms with van der Waals surface area (Å²) < 4.78 is 5.85. The molecule has 1 N–H and O–H groups in total. The number of aryl methyl sites for hydroxylation is 2. The molecule has 0 unspecified atom stereocenters. The molecule has 0 spiro atoms. The maximum atomic E-state index is 12.1. The minimum atomic E-state index is -0.469. The number of carbonyl (C=O) groups excluding carboxylic acids is 1. The number of nitrogens with one attached hydrogen (secondary N) is 1. The van der Waals surface area contributed by atoms with E-state index in [1.54, 1.807) is 13.0 Å². The number of hydrogen-bond donors (Lipinski definition) is 1. The number of rotatable bonds is 2. The SMILES string of the molecule is COC(=O)Cn1c(C)nc2[nH]c(C)cc2c1=O. The largest absolute Gasteiger partial charge is 0.468 e. The van der Waals surface area contributed by atoms with Gasteiger partial charge in [0, 0.05) is 5.69 Å². The van der Waals surface area contributed by atoms with Crippen LogP contribution < -0.4 is 5.56 Å². The Bertz CT molecular complexity index is 639. The Morgan fingerprint density at radius 2 is 2.24 bits per heavy atom. The number of carbonyl (C=O) groups is 1. The zero-order valence-corrected chi connectivity index (χ0v) is 9.90. The van der Waals surface area contributed by atoms with Gasteiger partial charge in [0.25, 0.3) is 5.56 Å². The van der Waals surface area contributed by atoms with Gasteiger partial charge in [-0.3, -0.25) is 14.2 Å². The monoisotopic (exact) mass is 235 g/mol. The van der Waals surface area contributed by atoms with Gasteiger partial charge in [-0.2, -0.15) is 0 Å². The van der Waals surface area contributed by atoms with Crippen molar-refractivity contribution in [1.29, 1.82) is 0 Å². The lowest BCUT2D eigenvalue weighted by molar-refractivity contribution is -0.141. The molecule has 0 aliphatic carbocycles. The van der Waals surface area contributed by atoms with Crippen molar-refractivity contribution >= 4 is 17.0 Å². The van der Waals surface area contributed by atoms with Gasteiger partial charge in [0.1, 0.15) is 18.0 Å². The Balaban J connectivity index is 2.63. The molecule has 0 fully saturated rings. The zero-order chi connectivity index (χ0) is 12.6. The van der Waals surface area contributed by atoms with Crippen LogP contribution in [0.4, 0.5) is 0 Å². The van der Waals surface area contributed by atoms with Crippen LogP contribution >= 0.6 is 0 Å². The van der Waals surface area contributed by atoms with Gasteiger partial charge in [0.2, 0.25) is 0 Å². The number of aromatic amines is 1. The second-order valence-electron chi connectivity index (χ2n) is 3.84. The second kappa shape index (κ2) is 4.04. The molecule has 0 aliphatic rings. The number of aromatic nitrogens is 3. The summed E-state index contributed by atoms with van der Waals surface area (Å²) in [6, 6.07) is 1.72. The molecule has 6 heteroatoms. The molecular formula is C11H13N3O3. The first-order valence-corrected chi connectivity index (χ1v) is 5.16. The number of fused-ring (bicyclic) bond motifs is 1. The first-order chi connectivity index (χ1) is 8.02. The van der Waals surface area contributed by atoms with Gasteiger partial charge in [-0.1, -0.05) is 0 Å². The first-order valence-electron chi connectivity index (χ1n) is 5.16. The number of esters is 1. The Labute approximate surface area is 97.2 Å². The fraction of sp³-hybridized carbons (Fsp3) is 0.364. The zero-order valence-electron chi connectivity index (χ0n) is 9.90. The fourth-order valence-corrected chi connectivity index (χ4v) is 1.72. The van der Waals surface area contributed by atoms with Gasteiger partial charge in [-0.15, -0.1) is 0 Å². The van der Waals surface area contributed by atoms with E-state index >= 15 is 0 Å². The minimum absolute atomic E-state index is 0.117. The van der Waals surface area contributed by atoms with Crippen LogP contribution in [0.2, 0.25) is 0 Å². The number of H-pyrrole nitrogens is 1. The quantitative estimate of drug-likeness (QED) is 0.769. The third-order valence-electron chi connectivity index (χ3n) is 2.59. The molecular weight excluding hydrogens is 222 g/mol. The molecule has 0 saturated heterocycles. The highest BCUT2D eigenvalue weighted by molar-refractivity contribution is 5.76. The first kappa shape index (κ1) is 11.4. The van der Waals surface area contributed by atoms with E-state index in [-0.39, 0.29) is 12.1 Å². The average molecular weight is 235 g/mol. The third kappa shape index (κ3) is 1.93. The summed E-state index contributed by atoms with van der Waals surface area (Å²) in [6.45, 7) is 3.41. The lowest BCUT2D eigenvalue weighted by Crippen LogP contribution is -2.27. The van der Waals surface area contributed by atoms with Crippen molar-refractivity contribution in [3.05, 3.63) is 27.9 Å². The molecule has 0 amide bonds. The van der Waals surface area contributed by atoms with Gasteiger partial charge < -0.3 is 9.72 Å². The highest BCUT2D eigenvalue weighted by atomic mass is 16.5. The van der Waals surface area contributed by atoms with E-state index in [0.29, 0.717) is 16.9 Å². The van der Waals surface area contributed by atoms with Crippen LogP contribution in [0.1, 0.15) is 11.5 Å². The van der Waals surface area contributed by atoms with Crippen LogP contribution in [0.25, 0.3) is 11.0 Å². The summed E-state index contributed by atoms with van der Waals surface area (Å²) in [5, 5.41) is 0.483. The molecule has 2 rings (SSSR count). The predicted octanol–water partition coefficient (Wildman–Crippen LogP) is 0.514. The summed E-state index contributed by atoms with van der Waals surface area (Å²) in [5.41, 5.74) is 1.17. The van der Waals surface area contributed by atoms with Crippen molar-refractivity contribution < 1.29 is 9.53 Å². The molecule has 0 aromatic carbocycles. The molecule has 2 heterocycles. The summed E-state index contributed by atoms with van der Waals surface area (Å²) in [6.07, 6.45) is 0. The molecule has 0 atom stereocenters. The number of hydrogen-bond acceptors (Lipinski definition) is 4. The van der Waals surface area contributed by atoms with Gasteiger partial charge in [0.05, 0.1) is 12.5 Å². The fourth-order valence-electron chi connectivity index (χ4n) is 1.72. The molecule has 0 saturated carbocycles. The molecule has 0 aliphatic heterocycles. The van der Waals surface area contributed by atoms with Crippen LogP contribution in [-0.2, 0) is 16.1 Å². The van der Waals surface area contributed by atoms with Gasteiger partial charge >= 0.3 is 5.97 Å². The molecule has 2 aromatic rings. The van der Waals surface area contributed by atoms with E-state index in [4.69, 9.17) is 0 Å². The summed E-state index contributed by atoms with van der Waals surface area (Å²) in [5.74, 6) is 0.0124. The molecule has 90 valence electrons. The van der Waals surface area contributed by atoms with E-state index in [0.717, 1.165) is 5.69 Å². The molecule has 6 nitrogen and oxygen atoms in total. The van der Waals surface area contributed by atoms with Gasteiger partial charge in [-0.05, 0) is 19.9 Å². The topological polar surface area (TPSA) is 77.0 Å². The average Bonchev–Trinajstić information content (AvgIpc) is 2.64. The Kier molecular flexibility index (Phi) is 2.71. The highest BCUT2D eigenvalue weighted by Gasteiger charge is 2.12. The number of ether oxygens (including phenoxy) is 1. The van der Waals surface area contributed by atoms with Gasteiger partial charge in [0.15, 0.2) is 0 Å². The van der Waals surface area contributed by atoms with Crippen molar-refractivity contribution in [2.24, 2.45) is 0 Å². The van der Waals surface area contributed by atoms with Crippen LogP contribution in [0.5, 0.6) is 0 Å². The normalized spacial score (nSPS) is 10.8. The maximum absolute atomic E-state index is 12.1. The van der Waals surface area contributed by atoms with Crippen LogP contribution in [0.3, 0.4) is 0 Å². The lowest BCUT2D eigenvalue weighted by atomic mass is 10.3. The molecule has 0 radical (unpaired) electrons. The molecule has 2 aromatic heterocycles. The third-order valence-corrected chi connectivity index (χ3v) is 2.59. The van der Waals surface area contributed by atoms with Crippen LogP contribution in [0.15, 0.2) is 10.9 Å². The highest BCUT2D eigenvalue weighted by Crippen LogP contribution is 2.09. The molecule has 0 bridgehead atoms. The number of methoxy groups -OCH3 is 1. The van der Waals surface area contributed by atoms with Crippen molar-refractivity contribution in [3.63, 3.8) is 0 Å². The van der Waals surface area contributed by atoms with Crippen molar-refractivity contribution in [2.75, 3.05) is 7.11 Å². The van der Waals surface area contributed by atoms with Crippen molar-refractivity contribution in [2.45, 2.75) is 20.4 Å². The van der Waals surface area contributed by atoms with E-state index in [1.807, 2.05) is 6.92 Å². The Hall–Kier alpha value is -2.11. The predicted molar refractivity (Wildman–Crippen MR) is 61.8 cm³/mol. The van der Waals surface area contributed by atoms with Gasteiger partial charge in [-0.25, -0.2) is 4.98 Å². The Morgan fingerprint density at radius 1 is 1.53 bits per heavy atom. The van der Waals surface area contributed by atoms with E-state index < -0.39 is 5.97 Å². The van der Waals surface area contributed by atoms with Crippen LogP contribution in [-0.4, -0.2) is 27.6 Å². The van der Waals surface area contributed by atoms with Crippen molar-refractivity contribution in [3.8, 4) is 0 Å². The Morgan fingerprint density at radius 3 is 2.88 bits per heavy atom. The van der Waals surface area contributed by atoms with E-state index in [1.165, 1.54) is 11.7 Å².